The Morgan fingerprint density at radius 1 is 1.30 bits per heavy atom. The quantitative estimate of drug-likeness (QED) is 0.898. The molecule has 2 N–H and O–H groups in total. The zero-order chi connectivity index (χ0) is 15.0. The largest absolute Gasteiger partial charge is 0.382 e. The summed E-state index contributed by atoms with van der Waals surface area (Å²) in [4.78, 5) is 0.309. The fraction of sp³-hybridized carbons (Fsp3) is 0.600. The Hall–Kier alpha value is -1.07. The highest BCUT2D eigenvalue weighted by Gasteiger charge is 2.34. The first-order valence-corrected chi connectivity index (χ1v) is 8.55. The second kappa shape index (κ2) is 5.37. The third-order valence-corrected chi connectivity index (χ3v) is 5.79. The molecule has 1 aromatic carbocycles. The highest BCUT2D eigenvalue weighted by Crippen LogP contribution is 2.39. The number of anilines is 1. The van der Waals surface area contributed by atoms with Crippen LogP contribution in [0.1, 0.15) is 38.7 Å². The van der Waals surface area contributed by atoms with Crippen molar-refractivity contribution >= 4 is 15.7 Å². The van der Waals surface area contributed by atoms with Gasteiger partial charge in [0.25, 0.3) is 0 Å². The van der Waals surface area contributed by atoms with E-state index in [2.05, 4.69) is 23.9 Å². The Balaban J connectivity index is 2.30. The lowest BCUT2D eigenvalue weighted by molar-refractivity contribution is 0.350. The summed E-state index contributed by atoms with van der Waals surface area (Å²) in [5.41, 5.74) is 2.24. The minimum atomic E-state index is -3.39. The number of sulfonamides is 1. The zero-order valence-corrected chi connectivity index (χ0v) is 13.5. The van der Waals surface area contributed by atoms with Crippen LogP contribution >= 0.6 is 0 Å². The van der Waals surface area contributed by atoms with Gasteiger partial charge in [-0.05, 0) is 49.9 Å². The van der Waals surface area contributed by atoms with E-state index in [4.69, 9.17) is 0 Å². The molecule has 1 unspecified atom stereocenters. The van der Waals surface area contributed by atoms with Gasteiger partial charge in [-0.15, -0.1) is 0 Å². The van der Waals surface area contributed by atoms with Crippen LogP contribution in [0.15, 0.2) is 23.1 Å². The van der Waals surface area contributed by atoms with Crippen molar-refractivity contribution in [2.24, 2.45) is 5.41 Å². The van der Waals surface area contributed by atoms with Gasteiger partial charge in [0.2, 0.25) is 10.0 Å². The van der Waals surface area contributed by atoms with Crippen molar-refractivity contribution in [2.45, 2.75) is 51.0 Å². The Morgan fingerprint density at radius 3 is 2.55 bits per heavy atom. The molecule has 1 atom stereocenters. The average Bonchev–Trinajstić information content (AvgIpc) is 2.71. The molecule has 2 rings (SSSR count). The van der Waals surface area contributed by atoms with Crippen molar-refractivity contribution < 1.29 is 8.42 Å². The van der Waals surface area contributed by atoms with E-state index < -0.39 is 10.0 Å². The van der Waals surface area contributed by atoms with Crippen LogP contribution in [0.25, 0.3) is 0 Å². The summed E-state index contributed by atoms with van der Waals surface area (Å²) in [5.74, 6) is 0. The molecule has 0 amide bonds. The topological polar surface area (TPSA) is 58.2 Å². The summed E-state index contributed by atoms with van der Waals surface area (Å²) in [6.45, 7) is 6.53. The predicted molar refractivity (Wildman–Crippen MR) is 82.5 cm³/mol. The summed E-state index contributed by atoms with van der Waals surface area (Å²) < 4.78 is 26.1. The van der Waals surface area contributed by atoms with Crippen molar-refractivity contribution in [3.05, 3.63) is 23.8 Å². The number of aryl methyl sites for hydroxylation is 1. The molecule has 1 saturated carbocycles. The molecule has 1 fully saturated rings. The minimum Gasteiger partial charge on any atom is -0.382 e. The van der Waals surface area contributed by atoms with Gasteiger partial charge in [-0.25, -0.2) is 13.1 Å². The van der Waals surface area contributed by atoms with Gasteiger partial charge in [-0.2, -0.15) is 0 Å². The van der Waals surface area contributed by atoms with Crippen LogP contribution in [-0.4, -0.2) is 21.5 Å². The average molecular weight is 296 g/mol. The van der Waals surface area contributed by atoms with Gasteiger partial charge >= 0.3 is 0 Å². The molecule has 0 aliphatic heterocycles. The molecule has 0 heterocycles. The fourth-order valence-electron chi connectivity index (χ4n) is 2.82. The Kier molecular flexibility index (Phi) is 4.12. The number of nitrogens with one attached hydrogen (secondary N) is 2. The van der Waals surface area contributed by atoms with Crippen molar-refractivity contribution in [2.75, 3.05) is 12.4 Å². The molecule has 20 heavy (non-hydrogen) atoms. The highest BCUT2D eigenvalue weighted by molar-refractivity contribution is 7.89. The molecule has 0 saturated heterocycles. The van der Waals surface area contributed by atoms with Gasteiger partial charge in [0.1, 0.15) is 0 Å². The van der Waals surface area contributed by atoms with E-state index in [1.54, 1.807) is 12.1 Å². The number of rotatable bonds is 4. The summed E-state index contributed by atoms with van der Waals surface area (Å²) >= 11 is 0. The van der Waals surface area contributed by atoms with Crippen LogP contribution in [0, 0.1) is 12.3 Å². The van der Waals surface area contributed by atoms with E-state index in [1.165, 1.54) is 19.9 Å². The van der Waals surface area contributed by atoms with Gasteiger partial charge in [0.05, 0.1) is 4.90 Å². The van der Waals surface area contributed by atoms with E-state index in [-0.39, 0.29) is 5.41 Å². The first kappa shape index (κ1) is 15.3. The molecular weight excluding hydrogens is 272 g/mol. The first-order valence-electron chi connectivity index (χ1n) is 7.07. The maximum atomic E-state index is 11.9. The molecule has 0 spiro atoms. The van der Waals surface area contributed by atoms with Gasteiger partial charge in [-0.1, -0.05) is 26.3 Å². The van der Waals surface area contributed by atoms with E-state index in [1.807, 2.05) is 13.0 Å². The lowest BCUT2D eigenvalue weighted by atomic mass is 9.87. The Bertz CT molecular complexity index is 594. The SMILES string of the molecule is CNS(=O)(=O)c1ccc(C)c(NC2CCCC2(C)C)c1. The van der Waals surface area contributed by atoms with Crippen molar-refractivity contribution in [3.63, 3.8) is 0 Å². The van der Waals surface area contributed by atoms with Gasteiger partial charge in [0, 0.05) is 11.7 Å². The van der Waals surface area contributed by atoms with Crippen LogP contribution in [0.5, 0.6) is 0 Å². The van der Waals surface area contributed by atoms with Crippen molar-refractivity contribution in [1.82, 2.24) is 4.72 Å². The second-order valence-corrected chi connectivity index (χ2v) is 8.15. The molecule has 5 heteroatoms. The summed E-state index contributed by atoms with van der Waals surface area (Å²) in [6.07, 6.45) is 3.56. The number of benzene rings is 1. The molecule has 0 aromatic heterocycles. The first-order chi connectivity index (χ1) is 9.26. The Labute approximate surface area is 122 Å². The van der Waals surface area contributed by atoms with Gasteiger partial charge in [0.15, 0.2) is 0 Å². The maximum absolute atomic E-state index is 11.9. The van der Waals surface area contributed by atoms with Crippen LogP contribution < -0.4 is 10.0 Å². The van der Waals surface area contributed by atoms with Crippen molar-refractivity contribution in [3.8, 4) is 0 Å². The predicted octanol–water partition coefficient (Wildman–Crippen LogP) is 2.89. The molecule has 0 radical (unpaired) electrons. The third kappa shape index (κ3) is 2.99. The minimum absolute atomic E-state index is 0.254. The molecule has 112 valence electrons. The summed E-state index contributed by atoms with van der Waals surface area (Å²) in [6, 6.07) is 5.63. The van der Waals surface area contributed by atoms with E-state index in [0.717, 1.165) is 17.7 Å². The normalized spacial score (nSPS) is 21.9. The summed E-state index contributed by atoms with van der Waals surface area (Å²) in [7, 11) is -1.96. The van der Waals surface area contributed by atoms with E-state index in [0.29, 0.717) is 10.9 Å². The van der Waals surface area contributed by atoms with Gasteiger partial charge in [-0.3, -0.25) is 0 Å². The number of hydrogen-bond acceptors (Lipinski definition) is 3. The van der Waals surface area contributed by atoms with E-state index in [9.17, 15) is 8.42 Å². The number of hydrogen-bond donors (Lipinski definition) is 2. The summed E-state index contributed by atoms with van der Waals surface area (Å²) in [5, 5.41) is 3.54. The highest BCUT2D eigenvalue weighted by atomic mass is 32.2. The monoisotopic (exact) mass is 296 g/mol. The molecular formula is C15H24N2O2S. The van der Waals surface area contributed by atoms with Crippen LogP contribution in [-0.2, 0) is 10.0 Å². The fourth-order valence-corrected chi connectivity index (χ4v) is 3.58. The standard InChI is InChI=1S/C15H24N2O2S/c1-11-7-8-12(20(18,19)16-4)10-13(11)17-14-6-5-9-15(14,2)3/h7-8,10,14,16-17H,5-6,9H2,1-4H3. The van der Waals surface area contributed by atoms with E-state index >= 15 is 0 Å². The third-order valence-electron chi connectivity index (χ3n) is 4.38. The maximum Gasteiger partial charge on any atom is 0.240 e. The molecule has 1 aliphatic rings. The second-order valence-electron chi connectivity index (χ2n) is 6.26. The van der Waals surface area contributed by atoms with Crippen LogP contribution in [0.3, 0.4) is 0 Å². The lowest BCUT2D eigenvalue weighted by Gasteiger charge is -2.29. The molecule has 1 aliphatic carbocycles. The molecule has 1 aromatic rings. The smallest absolute Gasteiger partial charge is 0.240 e. The molecule has 4 nitrogen and oxygen atoms in total. The zero-order valence-electron chi connectivity index (χ0n) is 12.7. The van der Waals surface area contributed by atoms with Gasteiger partial charge < -0.3 is 5.32 Å². The van der Waals surface area contributed by atoms with Crippen molar-refractivity contribution in [1.29, 1.82) is 0 Å². The lowest BCUT2D eigenvalue weighted by Crippen LogP contribution is -2.31. The van der Waals surface area contributed by atoms with Crippen LogP contribution in [0.4, 0.5) is 5.69 Å². The van der Waals surface area contributed by atoms with Crippen LogP contribution in [0.2, 0.25) is 0 Å². The Morgan fingerprint density at radius 2 is 2.00 bits per heavy atom. The molecule has 0 bridgehead atoms.